The first-order valence-electron chi connectivity index (χ1n) is 8.95. The standard InChI is InChI=1S/C21H21IN2O2/c1-3-19(25)24-21(14-5-4-6-15(22)11-14)17-10-8-13-7-9-16(26-2)12-18(13)20(17)23-24/h4-7,9,11-12,17,21H,3,8,10H2,1-2H3/t17-,21+/m0/s1. The van der Waals surface area contributed by atoms with Gasteiger partial charge >= 0.3 is 0 Å². The number of rotatable bonds is 3. The van der Waals surface area contributed by atoms with Crippen molar-refractivity contribution in [2.24, 2.45) is 11.0 Å². The summed E-state index contributed by atoms with van der Waals surface area (Å²) in [4.78, 5) is 12.7. The molecule has 0 bridgehead atoms. The molecule has 1 aliphatic carbocycles. The Morgan fingerprint density at radius 1 is 1.31 bits per heavy atom. The molecule has 2 aromatic carbocycles. The van der Waals surface area contributed by atoms with Crippen LogP contribution in [0.3, 0.4) is 0 Å². The number of amides is 1. The lowest BCUT2D eigenvalue weighted by Gasteiger charge is -2.29. The fourth-order valence-electron chi connectivity index (χ4n) is 4.01. The summed E-state index contributed by atoms with van der Waals surface area (Å²) in [5.41, 5.74) is 4.60. The molecule has 0 spiro atoms. The van der Waals surface area contributed by atoms with Crippen LogP contribution < -0.4 is 4.74 Å². The second-order valence-electron chi connectivity index (χ2n) is 6.75. The van der Waals surface area contributed by atoms with Crippen molar-refractivity contribution in [3.63, 3.8) is 0 Å². The van der Waals surface area contributed by atoms with E-state index in [0.29, 0.717) is 6.42 Å². The van der Waals surface area contributed by atoms with Crippen LogP contribution in [0.5, 0.6) is 5.75 Å². The van der Waals surface area contributed by atoms with Crippen molar-refractivity contribution in [3.8, 4) is 5.75 Å². The van der Waals surface area contributed by atoms with Gasteiger partial charge in [0.1, 0.15) is 5.75 Å². The van der Waals surface area contributed by atoms with Gasteiger partial charge in [0.05, 0.1) is 18.9 Å². The Labute approximate surface area is 167 Å². The first-order valence-corrected chi connectivity index (χ1v) is 10.0. The van der Waals surface area contributed by atoms with Crippen LogP contribution in [0.25, 0.3) is 0 Å². The lowest BCUT2D eigenvalue weighted by molar-refractivity contribution is -0.133. The van der Waals surface area contributed by atoms with E-state index in [0.717, 1.165) is 35.4 Å². The Balaban J connectivity index is 1.82. The van der Waals surface area contributed by atoms with Crippen molar-refractivity contribution < 1.29 is 9.53 Å². The number of hydrogen-bond acceptors (Lipinski definition) is 3. The van der Waals surface area contributed by atoms with E-state index in [2.05, 4.69) is 59.0 Å². The van der Waals surface area contributed by atoms with E-state index in [1.807, 2.05) is 13.0 Å². The molecule has 0 saturated carbocycles. The fourth-order valence-corrected chi connectivity index (χ4v) is 4.57. The molecule has 2 atom stereocenters. The number of hydrogen-bond donors (Lipinski definition) is 0. The Bertz CT molecular complexity index is 893. The van der Waals surface area contributed by atoms with Crippen LogP contribution >= 0.6 is 22.6 Å². The van der Waals surface area contributed by atoms with Crippen LogP contribution in [0.4, 0.5) is 0 Å². The third kappa shape index (κ3) is 2.92. The minimum absolute atomic E-state index is 0.0217. The maximum atomic E-state index is 12.7. The van der Waals surface area contributed by atoms with Crippen LogP contribution in [0, 0.1) is 9.49 Å². The second-order valence-corrected chi connectivity index (χ2v) is 7.99. The molecule has 0 unspecified atom stereocenters. The van der Waals surface area contributed by atoms with Crippen molar-refractivity contribution in [1.29, 1.82) is 0 Å². The van der Waals surface area contributed by atoms with E-state index in [1.54, 1.807) is 12.1 Å². The molecule has 1 amide bonds. The van der Waals surface area contributed by atoms with Crippen LogP contribution in [0.15, 0.2) is 47.6 Å². The zero-order valence-electron chi connectivity index (χ0n) is 14.9. The molecule has 2 aromatic rings. The summed E-state index contributed by atoms with van der Waals surface area (Å²) in [5, 5.41) is 6.55. The lowest BCUT2D eigenvalue weighted by Crippen LogP contribution is -2.31. The number of aryl methyl sites for hydroxylation is 1. The third-order valence-corrected chi connectivity index (χ3v) is 5.95. The zero-order chi connectivity index (χ0) is 18.3. The van der Waals surface area contributed by atoms with E-state index in [9.17, 15) is 4.79 Å². The number of nitrogens with zero attached hydrogens (tertiary/aromatic N) is 2. The number of halogens is 1. The minimum Gasteiger partial charge on any atom is -0.497 e. The molecular formula is C21H21IN2O2. The molecule has 26 heavy (non-hydrogen) atoms. The second kappa shape index (κ2) is 7.02. The van der Waals surface area contributed by atoms with Gasteiger partial charge in [-0.3, -0.25) is 4.79 Å². The highest BCUT2D eigenvalue weighted by molar-refractivity contribution is 14.1. The SMILES string of the molecule is CCC(=O)N1N=C2c3cc(OC)ccc3CC[C@@H]2[C@H]1c1cccc(I)c1. The highest BCUT2D eigenvalue weighted by Gasteiger charge is 2.43. The normalized spacial score (nSPS) is 21.0. The van der Waals surface area contributed by atoms with Gasteiger partial charge < -0.3 is 4.74 Å². The van der Waals surface area contributed by atoms with Gasteiger partial charge in [-0.15, -0.1) is 0 Å². The summed E-state index contributed by atoms with van der Waals surface area (Å²) in [7, 11) is 1.68. The van der Waals surface area contributed by atoms with E-state index in [1.165, 1.54) is 9.13 Å². The van der Waals surface area contributed by atoms with Crippen molar-refractivity contribution in [2.75, 3.05) is 7.11 Å². The smallest absolute Gasteiger partial charge is 0.242 e. The van der Waals surface area contributed by atoms with Gasteiger partial charge in [0.15, 0.2) is 0 Å². The van der Waals surface area contributed by atoms with E-state index in [4.69, 9.17) is 9.84 Å². The predicted octanol–water partition coefficient (Wildman–Crippen LogP) is 4.56. The number of carbonyl (C=O) groups is 1. The van der Waals surface area contributed by atoms with Gasteiger partial charge in [-0.1, -0.05) is 25.1 Å². The molecule has 0 aromatic heterocycles. The fraction of sp³-hybridized carbons (Fsp3) is 0.333. The van der Waals surface area contributed by atoms with E-state index >= 15 is 0 Å². The van der Waals surface area contributed by atoms with Crippen molar-refractivity contribution in [2.45, 2.75) is 32.2 Å². The average molecular weight is 460 g/mol. The van der Waals surface area contributed by atoms with Crippen LogP contribution in [-0.4, -0.2) is 23.7 Å². The number of benzene rings is 2. The van der Waals surface area contributed by atoms with Gasteiger partial charge in [0, 0.05) is 21.5 Å². The van der Waals surface area contributed by atoms with Crippen molar-refractivity contribution >= 4 is 34.2 Å². The predicted molar refractivity (Wildman–Crippen MR) is 110 cm³/mol. The Kier molecular flexibility index (Phi) is 4.73. The Morgan fingerprint density at radius 3 is 2.88 bits per heavy atom. The molecule has 4 rings (SSSR count). The summed E-state index contributed by atoms with van der Waals surface area (Å²) in [6.45, 7) is 1.90. The van der Waals surface area contributed by atoms with Gasteiger partial charge in [-0.05, 0) is 70.8 Å². The molecular weight excluding hydrogens is 439 g/mol. The van der Waals surface area contributed by atoms with Gasteiger partial charge in [-0.2, -0.15) is 5.10 Å². The van der Waals surface area contributed by atoms with Gasteiger partial charge in [-0.25, -0.2) is 5.01 Å². The highest BCUT2D eigenvalue weighted by Crippen LogP contribution is 2.44. The van der Waals surface area contributed by atoms with Gasteiger partial charge in [0.25, 0.3) is 0 Å². The molecule has 1 aliphatic heterocycles. The number of carbonyl (C=O) groups excluding carboxylic acids is 1. The largest absolute Gasteiger partial charge is 0.497 e. The molecule has 134 valence electrons. The molecule has 5 heteroatoms. The van der Waals surface area contributed by atoms with Crippen LogP contribution in [0.1, 0.15) is 42.5 Å². The van der Waals surface area contributed by atoms with E-state index < -0.39 is 0 Å². The topological polar surface area (TPSA) is 41.9 Å². The zero-order valence-corrected chi connectivity index (χ0v) is 17.1. The number of fused-ring (bicyclic) bond motifs is 3. The first kappa shape index (κ1) is 17.5. The molecule has 1 heterocycles. The molecule has 2 aliphatic rings. The molecule has 4 nitrogen and oxygen atoms in total. The Hall–Kier alpha value is -1.89. The number of ether oxygens (including phenoxy) is 1. The number of hydrazone groups is 1. The minimum atomic E-state index is -0.0217. The molecule has 0 saturated heterocycles. The average Bonchev–Trinajstić information content (AvgIpc) is 3.07. The molecule has 0 fully saturated rings. The molecule has 0 radical (unpaired) electrons. The van der Waals surface area contributed by atoms with Gasteiger partial charge in [0.2, 0.25) is 5.91 Å². The first-order chi connectivity index (χ1) is 12.6. The van der Waals surface area contributed by atoms with Crippen LogP contribution in [0.2, 0.25) is 0 Å². The van der Waals surface area contributed by atoms with E-state index in [-0.39, 0.29) is 17.9 Å². The lowest BCUT2D eigenvalue weighted by atomic mass is 9.77. The summed E-state index contributed by atoms with van der Waals surface area (Å²) in [6, 6.07) is 14.6. The number of methoxy groups -OCH3 is 1. The summed E-state index contributed by atoms with van der Waals surface area (Å²) < 4.78 is 6.59. The highest BCUT2D eigenvalue weighted by atomic mass is 127. The molecule has 0 N–H and O–H groups in total. The van der Waals surface area contributed by atoms with Crippen LogP contribution in [-0.2, 0) is 11.2 Å². The summed E-state index contributed by atoms with van der Waals surface area (Å²) in [5.74, 6) is 1.13. The third-order valence-electron chi connectivity index (χ3n) is 5.28. The van der Waals surface area contributed by atoms with Crippen molar-refractivity contribution in [3.05, 3.63) is 62.7 Å². The maximum absolute atomic E-state index is 12.7. The Morgan fingerprint density at radius 2 is 2.15 bits per heavy atom. The maximum Gasteiger partial charge on any atom is 0.242 e. The quantitative estimate of drug-likeness (QED) is 0.631. The van der Waals surface area contributed by atoms with Crippen molar-refractivity contribution in [1.82, 2.24) is 5.01 Å². The summed E-state index contributed by atoms with van der Waals surface area (Å²) >= 11 is 2.33. The summed E-state index contributed by atoms with van der Waals surface area (Å²) in [6.07, 6.45) is 2.45. The monoisotopic (exact) mass is 460 g/mol.